The molecule has 1 N–H and O–H groups in total. The van der Waals surface area contributed by atoms with Gasteiger partial charge in [-0.1, -0.05) is 24.3 Å². The molecule has 2 rings (SSSR count). The fraction of sp³-hybridized carbons (Fsp3) is 0.231. The molecule has 1 aromatic heterocycles. The van der Waals surface area contributed by atoms with Gasteiger partial charge in [-0.05, 0) is 37.0 Å². The van der Waals surface area contributed by atoms with E-state index in [1.165, 1.54) is 11.1 Å². The maximum atomic E-state index is 10.5. The maximum absolute atomic E-state index is 10.5. The van der Waals surface area contributed by atoms with E-state index in [0.717, 1.165) is 24.8 Å². The first-order valence-corrected chi connectivity index (χ1v) is 5.33. The van der Waals surface area contributed by atoms with Crippen LogP contribution in [-0.4, -0.2) is 16.5 Å². The van der Waals surface area contributed by atoms with Crippen LogP contribution in [0, 0.1) is 6.92 Å². The summed E-state index contributed by atoms with van der Waals surface area (Å²) in [4.78, 5) is 10.5. The van der Waals surface area contributed by atoms with Crippen LogP contribution in [0.25, 0.3) is 0 Å². The lowest BCUT2D eigenvalue weighted by Crippen LogP contribution is -1.94. The average molecular weight is 214 g/mol. The van der Waals surface area contributed by atoms with Crippen LogP contribution in [0.5, 0.6) is 0 Å². The molecule has 1 heterocycles. The monoisotopic (exact) mass is 214 g/mol. The van der Waals surface area contributed by atoms with Crippen molar-refractivity contribution in [2.45, 2.75) is 19.8 Å². The number of carbonyl (C=O) groups is 1. The first-order chi connectivity index (χ1) is 7.79. The van der Waals surface area contributed by atoms with Crippen molar-refractivity contribution in [3.8, 4) is 0 Å². The van der Waals surface area contributed by atoms with Gasteiger partial charge in [0.25, 0.3) is 0 Å². The second-order valence-corrected chi connectivity index (χ2v) is 3.86. The molecule has 0 fully saturated rings. The van der Waals surface area contributed by atoms with Gasteiger partial charge in [-0.2, -0.15) is 5.10 Å². The normalized spacial score (nSPS) is 10.3. The van der Waals surface area contributed by atoms with E-state index in [4.69, 9.17) is 0 Å². The number of rotatable bonds is 4. The lowest BCUT2D eigenvalue weighted by molar-refractivity contribution is 0.111. The van der Waals surface area contributed by atoms with Gasteiger partial charge in [0.05, 0.1) is 0 Å². The molecule has 3 nitrogen and oxygen atoms in total. The van der Waals surface area contributed by atoms with Crippen LogP contribution in [0.3, 0.4) is 0 Å². The van der Waals surface area contributed by atoms with Crippen LogP contribution >= 0.6 is 0 Å². The van der Waals surface area contributed by atoms with Crippen LogP contribution < -0.4 is 0 Å². The summed E-state index contributed by atoms with van der Waals surface area (Å²) in [7, 11) is 0. The fourth-order valence-corrected chi connectivity index (χ4v) is 1.73. The highest BCUT2D eigenvalue weighted by molar-refractivity contribution is 5.71. The van der Waals surface area contributed by atoms with Gasteiger partial charge in [0.2, 0.25) is 0 Å². The molecule has 2 aromatic rings. The van der Waals surface area contributed by atoms with Crippen LogP contribution in [-0.2, 0) is 12.8 Å². The van der Waals surface area contributed by atoms with Crippen molar-refractivity contribution < 1.29 is 4.79 Å². The van der Waals surface area contributed by atoms with Crippen molar-refractivity contribution >= 4 is 6.29 Å². The Morgan fingerprint density at radius 1 is 1.31 bits per heavy atom. The van der Waals surface area contributed by atoms with Crippen LogP contribution in [0.2, 0.25) is 0 Å². The summed E-state index contributed by atoms with van der Waals surface area (Å²) in [6.45, 7) is 2.11. The predicted octanol–water partition coefficient (Wildman–Crippen LogP) is 2.32. The minimum atomic E-state index is 0.472. The second kappa shape index (κ2) is 4.75. The van der Waals surface area contributed by atoms with E-state index < -0.39 is 0 Å². The molecular formula is C13H14N2O. The van der Waals surface area contributed by atoms with Gasteiger partial charge in [0, 0.05) is 5.69 Å². The van der Waals surface area contributed by atoms with Crippen LogP contribution in [0.15, 0.2) is 30.3 Å². The molecule has 3 heteroatoms. The smallest absolute Gasteiger partial charge is 0.170 e. The molecule has 0 aliphatic carbocycles. The van der Waals surface area contributed by atoms with Crippen molar-refractivity contribution in [2.75, 3.05) is 0 Å². The van der Waals surface area contributed by atoms with E-state index in [2.05, 4.69) is 29.3 Å². The minimum Gasteiger partial charge on any atom is -0.296 e. The van der Waals surface area contributed by atoms with Gasteiger partial charge in [-0.15, -0.1) is 0 Å². The molecule has 82 valence electrons. The highest BCUT2D eigenvalue weighted by Crippen LogP contribution is 2.10. The number of nitrogens with zero attached hydrogens (tertiary/aromatic N) is 1. The highest BCUT2D eigenvalue weighted by Gasteiger charge is 2.02. The quantitative estimate of drug-likeness (QED) is 0.794. The zero-order valence-corrected chi connectivity index (χ0v) is 9.23. The zero-order valence-electron chi connectivity index (χ0n) is 9.23. The molecule has 0 saturated heterocycles. The Kier molecular flexibility index (Phi) is 3.15. The standard InChI is InChI=1S/C13H14N2O/c1-10-4-2-3-5-11(10)6-7-12-8-13(9-16)15-14-12/h2-5,8-9H,6-7H2,1H3,(H,14,15). The summed E-state index contributed by atoms with van der Waals surface area (Å²) >= 11 is 0. The number of aromatic nitrogens is 2. The van der Waals surface area contributed by atoms with Crippen molar-refractivity contribution in [3.05, 3.63) is 52.8 Å². The maximum Gasteiger partial charge on any atom is 0.170 e. The molecule has 0 bridgehead atoms. The molecule has 16 heavy (non-hydrogen) atoms. The van der Waals surface area contributed by atoms with Crippen molar-refractivity contribution in [3.63, 3.8) is 0 Å². The van der Waals surface area contributed by atoms with E-state index in [1.807, 2.05) is 12.1 Å². The van der Waals surface area contributed by atoms with E-state index in [-0.39, 0.29) is 0 Å². The molecule has 0 amide bonds. The number of hydrogen-bond acceptors (Lipinski definition) is 2. The Morgan fingerprint density at radius 2 is 2.12 bits per heavy atom. The molecule has 0 radical (unpaired) electrons. The number of aryl methyl sites for hydroxylation is 3. The summed E-state index contributed by atoms with van der Waals surface area (Å²) < 4.78 is 0. The Balaban J connectivity index is 2.02. The summed E-state index contributed by atoms with van der Waals surface area (Å²) in [6, 6.07) is 10.1. The molecular weight excluding hydrogens is 200 g/mol. The Bertz CT molecular complexity index is 488. The number of carbonyl (C=O) groups excluding carboxylic acids is 1. The van der Waals surface area contributed by atoms with Crippen LogP contribution in [0.4, 0.5) is 0 Å². The Morgan fingerprint density at radius 3 is 2.81 bits per heavy atom. The van der Waals surface area contributed by atoms with Crippen molar-refractivity contribution in [1.29, 1.82) is 0 Å². The number of benzene rings is 1. The Labute approximate surface area is 94.5 Å². The summed E-state index contributed by atoms with van der Waals surface area (Å²) in [5, 5.41) is 6.74. The third-order valence-corrected chi connectivity index (χ3v) is 2.70. The number of H-pyrrole nitrogens is 1. The van der Waals surface area contributed by atoms with E-state index >= 15 is 0 Å². The summed E-state index contributed by atoms with van der Waals surface area (Å²) in [5.74, 6) is 0. The lowest BCUT2D eigenvalue weighted by Gasteiger charge is -2.03. The van der Waals surface area contributed by atoms with Gasteiger partial charge in [-0.3, -0.25) is 9.89 Å². The average Bonchev–Trinajstić information content (AvgIpc) is 2.76. The third-order valence-electron chi connectivity index (χ3n) is 2.70. The van der Waals surface area contributed by atoms with E-state index in [0.29, 0.717) is 5.69 Å². The summed E-state index contributed by atoms with van der Waals surface area (Å²) in [6.07, 6.45) is 2.60. The number of aldehydes is 1. The van der Waals surface area contributed by atoms with Crippen molar-refractivity contribution in [1.82, 2.24) is 10.2 Å². The largest absolute Gasteiger partial charge is 0.296 e. The number of aromatic amines is 1. The van der Waals surface area contributed by atoms with Crippen LogP contribution in [0.1, 0.15) is 27.3 Å². The first kappa shape index (κ1) is 10.6. The van der Waals surface area contributed by atoms with Gasteiger partial charge in [0.15, 0.2) is 6.29 Å². The Hall–Kier alpha value is -1.90. The SMILES string of the molecule is Cc1ccccc1CCc1cc(C=O)n[nH]1. The topological polar surface area (TPSA) is 45.8 Å². The molecule has 0 aliphatic rings. The van der Waals surface area contributed by atoms with E-state index in [1.54, 1.807) is 6.07 Å². The number of nitrogens with one attached hydrogen (secondary N) is 1. The molecule has 1 aromatic carbocycles. The molecule has 0 atom stereocenters. The second-order valence-electron chi connectivity index (χ2n) is 3.86. The summed E-state index contributed by atoms with van der Waals surface area (Å²) in [5.41, 5.74) is 4.12. The fourth-order valence-electron chi connectivity index (χ4n) is 1.73. The highest BCUT2D eigenvalue weighted by atomic mass is 16.1. The molecule has 0 unspecified atom stereocenters. The lowest BCUT2D eigenvalue weighted by atomic mass is 10.0. The molecule has 0 saturated carbocycles. The number of hydrogen-bond donors (Lipinski definition) is 1. The van der Waals surface area contributed by atoms with Gasteiger partial charge >= 0.3 is 0 Å². The van der Waals surface area contributed by atoms with Gasteiger partial charge in [0.1, 0.15) is 5.69 Å². The predicted molar refractivity (Wildman–Crippen MR) is 62.6 cm³/mol. The van der Waals surface area contributed by atoms with Crippen molar-refractivity contribution in [2.24, 2.45) is 0 Å². The van der Waals surface area contributed by atoms with E-state index in [9.17, 15) is 4.79 Å². The third kappa shape index (κ3) is 2.37. The zero-order chi connectivity index (χ0) is 11.4. The van der Waals surface area contributed by atoms with Gasteiger partial charge < -0.3 is 0 Å². The van der Waals surface area contributed by atoms with Gasteiger partial charge in [-0.25, -0.2) is 0 Å². The minimum absolute atomic E-state index is 0.472. The molecule has 0 spiro atoms. The first-order valence-electron chi connectivity index (χ1n) is 5.33. The molecule has 0 aliphatic heterocycles.